The Morgan fingerprint density at radius 1 is 1.14 bits per heavy atom. The number of pyridine rings is 2. The number of carbonyl (C=O) groups is 1. The highest BCUT2D eigenvalue weighted by Gasteiger charge is 2.25. The van der Waals surface area contributed by atoms with E-state index in [2.05, 4.69) is 20.0 Å². The minimum Gasteiger partial charge on any atom is -0.301 e. The molecule has 1 saturated heterocycles. The molecule has 0 atom stereocenters. The average Bonchev–Trinajstić information content (AvgIpc) is 3.14. The van der Waals surface area contributed by atoms with Crippen LogP contribution in [0.25, 0.3) is 22.0 Å². The van der Waals surface area contributed by atoms with Gasteiger partial charge in [0.1, 0.15) is 12.5 Å². The zero-order valence-corrected chi connectivity index (χ0v) is 16.0. The average molecular weight is 381 g/mol. The number of carbonyl (C=O) groups excluding carboxylic acids is 1. The predicted molar refractivity (Wildman–Crippen MR) is 106 cm³/mol. The van der Waals surface area contributed by atoms with Crippen molar-refractivity contribution in [1.82, 2.24) is 24.6 Å². The second kappa shape index (κ2) is 8.14. The summed E-state index contributed by atoms with van der Waals surface area (Å²) in [4.78, 5) is 23.7. The Hall–Kier alpha value is -2.67. The van der Waals surface area contributed by atoms with Gasteiger partial charge < -0.3 is 4.90 Å². The lowest BCUT2D eigenvalue weighted by molar-refractivity contribution is -0.123. The number of rotatable bonds is 6. The van der Waals surface area contributed by atoms with Crippen LogP contribution in [0.15, 0.2) is 36.9 Å². The lowest BCUT2D eigenvalue weighted by Gasteiger charge is -2.30. The van der Waals surface area contributed by atoms with E-state index >= 15 is 0 Å². The predicted octanol–water partition coefficient (Wildman–Crippen LogP) is 2.82. The van der Waals surface area contributed by atoms with E-state index in [0.717, 1.165) is 53.7 Å². The Bertz CT molecular complexity index is 978. The zero-order chi connectivity index (χ0) is 19.5. The number of fused-ring (bicyclic) bond motifs is 1. The summed E-state index contributed by atoms with van der Waals surface area (Å²) in [5.41, 5.74) is 2.59. The lowest BCUT2D eigenvalue weighted by Crippen LogP contribution is -2.37. The minimum atomic E-state index is -0.324. The molecule has 4 rings (SSSR count). The first-order valence-corrected chi connectivity index (χ1v) is 9.67. The number of Topliss-reactive ketones (excluding diaryl/α,β-unsaturated/α-hetero) is 1. The summed E-state index contributed by atoms with van der Waals surface area (Å²) in [5.74, 6) is 0.282. The molecule has 0 unspecified atom stereocenters. The Labute approximate surface area is 163 Å². The molecule has 0 aliphatic carbocycles. The van der Waals surface area contributed by atoms with Crippen LogP contribution in [-0.4, -0.2) is 56.7 Å². The molecule has 1 aliphatic rings. The van der Waals surface area contributed by atoms with Crippen LogP contribution in [0.3, 0.4) is 0 Å². The SMILES string of the molecule is Cn1cc(-c2cc3cc(CC(=O)C4CCN(CCF)CC4)ncc3cn2)cn1. The van der Waals surface area contributed by atoms with Crippen molar-refractivity contribution in [3.63, 3.8) is 0 Å². The monoisotopic (exact) mass is 381 g/mol. The van der Waals surface area contributed by atoms with Crippen LogP contribution < -0.4 is 0 Å². The highest BCUT2D eigenvalue weighted by atomic mass is 19.1. The van der Waals surface area contributed by atoms with Crippen LogP contribution >= 0.6 is 0 Å². The van der Waals surface area contributed by atoms with E-state index < -0.39 is 0 Å². The molecule has 0 aromatic carbocycles. The van der Waals surface area contributed by atoms with Gasteiger partial charge in [0.05, 0.1) is 11.9 Å². The van der Waals surface area contributed by atoms with Crippen LogP contribution in [0.4, 0.5) is 4.39 Å². The molecule has 0 radical (unpaired) electrons. The Balaban J connectivity index is 1.47. The van der Waals surface area contributed by atoms with Gasteiger partial charge in [-0.25, -0.2) is 4.39 Å². The second-order valence-corrected chi connectivity index (χ2v) is 7.44. The molecule has 0 bridgehead atoms. The summed E-state index contributed by atoms with van der Waals surface area (Å²) in [5, 5.41) is 6.16. The molecule has 0 spiro atoms. The van der Waals surface area contributed by atoms with Crippen molar-refractivity contribution in [3.8, 4) is 11.3 Å². The van der Waals surface area contributed by atoms with E-state index in [-0.39, 0.29) is 18.4 Å². The van der Waals surface area contributed by atoms with Gasteiger partial charge in [-0.3, -0.25) is 19.4 Å². The Morgan fingerprint density at radius 2 is 1.93 bits per heavy atom. The molecule has 3 aromatic rings. The zero-order valence-electron chi connectivity index (χ0n) is 16.0. The number of alkyl halides is 1. The number of aryl methyl sites for hydroxylation is 1. The first-order chi connectivity index (χ1) is 13.6. The molecular weight excluding hydrogens is 357 g/mol. The normalized spacial score (nSPS) is 15.9. The fourth-order valence-electron chi connectivity index (χ4n) is 3.81. The third-order valence-electron chi connectivity index (χ3n) is 5.46. The molecular formula is C21H24FN5O. The molecule has 1 aliphatic heterocycles. The second-order valence-electron chi connectivity index (χ2n) is 7.44. The van der Waals surface area contributed by atoms with Gasteiger partial charge in [0.15, 0.2) is 0 Å². The number of hydrogen-bond donors (Lipinski definition) is 0. The molecule has 6 nitrogen and oxygen atoms in total. The largest absolute Gasteiger partial charge is 0.301 e. The van der Waals surface area contributed by atoms with Gasteiger partial charge in [-0.2, -0.15) is 5.10 Å². The van der Waals surface area contributed by atoms with Crippen molar-refractivity contribution in [2.24, 2.45) is 13.0 Å². The highest BCUT2D eigenvalue weighted by Crippen LogP contribution is 2.23. The maximum Gasteiger partial charge on any atom is 0.142 e. The van der Waals surface area contributed by atoms with E-state index in [9.17, 15) is 9.18 Å². The van der Waals surface area contributed by atoms with Crippen LogP contribution in [0.2, 0.25) is 0 Å². The number of likely N-dealkylation sites (tertiary alicyclic amines) is 1. The molecule has 0 N–H and O–H groups in total. The summed E-state index contributed by atoms with van der Waals surface area (Å²) in [6.07, 6.45) is 9.25. The lowest BCUT2D eigenvalue weighted by atomic mass is 9.90. The van der Waals surface area contributed by atoms with Gasteiger partial charge in [-0.1, -0.05) is 0 Å². The standard InChI is InChI=1S/C21H24FN5O/c1-26-14-18(13-25-26)20-9-16-8-19(23-11-17(16)12-24-20)10-21(28)15-2-5-27(6-3-15)7-4-22/h8-9,11-15H,2-7,10H2,1H3. The first kappa shape index (κ1) is 18.7. The molecule has 3 aromatic heterocycles. The summed E-state index contributed by atoms with van der Waals surface area (Å²) in [7, 11) is 1.88. The van der Waals surface area contributed by atoms with Gasteiger partial charge in [-0.05, 0) is 43.5 Å². The molecule has 0 amide bonds. The van der Waals surface area contributed by atoms with Crippen LogP contribution in [0.1, 0.15) is 18.5 Å². The molecule has 28 heavy (non-hydrogen) atoms. The summed E-state index contributed by atoms with van der Waals surface area (Å²) < 4.78 is 14.2. The summed E-state index contributed by atoms with van der Waals surface area (Å²) in [6, 6.07) is 3.99. The molecule has 4 heterocycles. The van der Waals surface area contributed by atoms with Crippen molar-refractivity contribution >= 4 is 16.6 Å². The van der Waals surface area contributed by atoms with Crippen molar-refractivity contribution in [2.75, 3.05) is 26.3 Å². The maximum atomic E-state index is 12.7. The van der Waals surface area contributed by atoms with Crippen LogP contribution in [-0.2, 0) is 18.3 Å². The molecule has 146 valence electrons. The van der Waals surface area contributed by atoms with E-state index in [1.165, 1.54) is 0 Å². The van der Waals surface area contributed by atoms with E-state index in [0.29, 0.717) is 13.0 Å². The summed E-state index contributed by atoms with van der Waals surface area (Å²) >= 11 is 0. The third-order valence-corrected chi connectivity index (χ3v) is 5.46. The number of piperidine rings is 1. The van der Waals surface area contributed by atoms with Gasteiger partial charge >= 0.3 is 0 Å². The topological polar surface area (TPSA) is 63.9 Å². The van der Waals surface area contributed by atoms with Gasteiger partial charge in [-0.15, -0.1) is 0 Å². The van der Waals surface area contributed by atoms with Gasteiger partial charge in [0.2, 0.25) is 0 Å². The number of aromatic nitrogens is 4. The third kappa shape index (κ3) is 4.09. The van der Waals surface area contributed by atoms with Crippen molar-refractivity contribution in [1.29, 1.82) is 0 Å². The van der Waals surface area contributed by atoms with E-state index in [1.807, 2.05) is 25.4 Å². The smallest absolute Gasteiger partial charge is 0.142 e. The first-order valence-electron chi connectivity index (χ1n) is 9.67. The fourth-order valence-corrected chi connectivity index (χ4v) is 3.81. The van der Waals surface area contributed by atoms with Crippen molar-refractivity contribution < 1.29 is 9.18 Å². The number of nitrogens with zero attached hydrogens (tertiary/aromatic N) is 5. The molecule has 1 fully saturated rings. The van der Waals surface area contributed by atoms with Gasteiger partial charge in [0.25, 0.3) is 0 Å². The number of ketones is 1. The van der Waals surface area contributed by atoms with Crippen LogP contribution in [0, 0.1) is 5.92 Å². The van der Waals surface area contributed by atoms with E-state index in [1.54, 1.807) is 23.3 Å². The maximum absolute atomic E-state index is 12.7. The van der Waals surface area contributed by atoms with E-state index in [4.69, 9.17) is 0 Å². The Kier molecular flexibility index (Phi) is 5.43. The summed E-state index contributed by atoms with van der Waals surface area (Å²) in [6.45, 7) is 1.74. The minimum absolute atomic E-state index is 0.0525. The van der Waals surface area contributed by atoms with Crippen LogP contribution in [0.5, 0.6) is 0 Å². The molecule has 0 saturated carbocycles. The number of hydrogen-bond acceptors (Lipinski definition) is 5. The highest BCUT2D eigenvalue weighted by molar-refractivity contribution is 5.87. The van der Waals surface area contributed by atoms with Crippen molar-refractivity contribution in [2.45, 2.75) is 19.3 Å². The quantitative estimate of drug-likeness (QED) is 0.657. The Morgan fingerprint density at radius 3 is 2.64 bits per heavy atom. The fraction of sp³-hybridized carbons (Fsp3) is 0.429. The molecule has 7 heteroatoms. The number of halogens is 1. The van der Waals surface area contributed by atoms with Gasteiger partial charge in [0, 0.05) is 61.2 Å². The van der Waals surface area contributed by atoms with Crippen molar-refractivity contribution in [3.05, 3.63) is 42.6 Å².